The third kappa shape index (κ3) is 7.55. The van der Waals surface area contributed by atoms with Crippen LogP contribution in [0.3, 0.4) is 0 Å². The number of carbonyl (C=O) groups excluding carboxylic acids is 1. The molecule has 1 saturated heterocycles. The van der Waals surface area contributed by atoms with Crippen molar-refractivity contribution in [1.29, 1.82) is 0 Å². The van der Waals surface area contributed by atoms with Crippen molar-refractivity contribution in [3.8, 4) is 0 Å². The van der Waals surface area contributed by atoms with E-state index < -0.39 is 11.6 Å². The number of fused-ring (bicyclic) bond motifs is 1. The summed E-state index contributed by atoms with van der Waals surface area (Å²) in [6, 6.07) is 11.1. The van der Waals surface area contributed by atoms with Gasteiger partial charge in [0.1, 0.15) is 11.6 Å². The van der Waals surface area contributed by atoms with Crippen molar-refractivity contribution in [2.24, 2.45) is 0 Å². The lowest BCUT2D eigenvalue weighted by molar-refractivity contribution is 0.0904. The molecule has 1 amide bonds. The summed E-state index contributed by atoms with van der Waals surface area (Å²) >= 11 is 1.17. The van der Waals surface area contributed by atoms with Crippen molar-refractivity contribution < 1.29 is 18.3 Å². The summed E-state index contributed by atoms with van der Waals surface area (Å²) in [7, 11) is 6.18. The Labute approximate surface area is 248 Å². The van der Waals surface area contributed by atoms with E-state index in [0.29, 0.717) is 45.4 Å². The average molecular weight is 596 g/mol. The van der Waals surface area contributed by atoms with Crippen LogP contribution in [-0.4, -0.2) is 79.5 Å². The number of aromatic nitrogens is 3. The van der Waals surface area contributed by atoms with Gasteiger partial charge in [-0.15, -0.1) is 0 Å². The smallest absolute Gasteiger partial charge is 0.258 e. The van der Waals surface area contributed by atoms with Crippen LogP contribution in [0.4, 0.5) is 26.0 Å². The summed E-state index contributed by atoms with van der Waals surface area (Å²) in [6.45, 7) is 3.23. The molecule has 4 aromatic rings. The number of pyridine rings is 1. The molecule has 3 heterocycles. The highest BCUT2D eigenvalue weighted by Gasteiger charge is 2.21. The first-order chi connectivity index (χ1) is 20.2. The van der Waals surface area contributed by atoms with Gasteiger partial charge in [-0.2, -0.15) is 5.10 Å². The number of benzene rings is 2. The van der Waals surface area contributed by atoms with Crippen LogP contribution in [0.1, 0.15) is 29.6 Å². The van der Waals surface area contributed by atoms with Gasteiger partial charge in [0.2, 0.25) is 0 Å². The normalized spacial score (nSPS) is 14.0. The van der Waals surface area contributed by atoms with Crippen LogP contribution in [0.5, 0.6) is 0 Å². The molecule has 5 rings (SSSR count). The van der Waals surface area contributed by atoms with Crippen LogP contribution in [0.2, 0.25) is 0 Å². The number of anilines is 3. The van der Waals surface area contributed by atoms with E-state index in [4.69, 9.17) is 4.74 Å². The molecule has 0 spiro atoms. The SMILES string of the molecule is CN(C)CCCN(C)c1ccc(C(=O)Nc2n[nH]c3ncc(Sc4cc(F)cc(F)c4)cc23)c(NC2CCOCC2)c1. The number of ether oxygens (including phenoxy) is 1. The van der Waals surface area contributed by atoms with Crippen LogP contribution in [0.15, 0.2) is 58.5 Å². The first-order valence-corrected chi connectivity index (χ1v) is 14.7. The van der Waals surface area contributed by atoms with E-state index >= 15 is 0 Å². The van der Waals surface area contributed by atoms with Gasteiger partial charge in [-0.3, -0.25) is 9.89 Å². The number of nitrogens with zero attached hydrogens (tertiary/aromatic N) is 4. The minimum absolute atomic E-state index is 0.197. The number of H-pyrrole nitrogens is 1. The predicted octanol–water partition coefficient (Wildman–Crippen LogP) is 5.62. The number of hydrogen-bond donors (Lipinski definition) is 3. The van der Waals surface area contributed by atoms with Crippen molar-refractivity contribution in [1.82, 2.24) is 20.1 Å². The molecule has 0 radical (unpaired) electrons. The first-order valence-electron chi connectivity index (χ1n) is 13.9. The van der Waals surface area contributed by atoms with Gasteiger partial charge >= 0.3 is 0 Å². The van der Waals surface area contributed by atoms with E-state index in [1.165, 1.54) is 23.9 Å². The molecule has 2 aromatic carbocycles. The van der Waals surface area contributed by atoms with Gasteiger partial charge in [0, 0.05) is 66.3 Å². The fourth-order valence-electron chi connectivity index (χ4n) is 4.84. The Balaban J connectivity index is 1.37. The highest BCUT2D eigenvalue weighted by molar-refractivity contribution is 7.99. The van der Waals surface area contributed by atoms with Gasteiger partial charge in [0.25, 0.3) is 5.91 Å². The quantitative estimate of drug-likeness (QED) is 0.206. The second kappa shape index (κ2) is 13.5. The predicted molar refractivity (Wildman–Crippen MR) is 163 cm³/mol. The molecule has 12 heteroatoms. The van der Waals surface area contributed by atoms with E-state index in [2.05, 4.69) is 56.8 Å². The lowest BCUT2D eigenvalue weighted by Gasteiger charge is -2.27. The number of carbonyl (C=O) groups is 1. The van der Waals surface area contributed by atoms with Crippen LogP contribution in [-0.2, 0) is 4.74 Å². The van der Waals surface area contributed by atoms with E-state index in [9.17, 15) is 13.6 Å². The molecule has 0 unspecified atom stereocenters. The fourth-order valence-corrected chi connectivity index (χ4v) is 5.73. The molecule has 0 saturated carbocycles. The average Bonchev–Trinajstić information content (AvgIpc) is 3.34. The Kier molecular flexibility index (Phi) is 9.55. The van der Waals surface area contributed by atoms with Crippen molar-refractivity contribution in [2.45, 2.75) is 35.1 Å². The lowest BCUT2D eigenvalue weighted by Crippen LogP contribution is -2.29. The molecule has 0 bridgehead atoms. The third-order valence-corrected chi connectivity index (χ3v) is 7.99. The van der Waals surface area contributed by atoms with Gasteiger partial charge in [-0.1, -0.05) is 11.8 Å². The minimum Gasteiger partial charge on any atom is -0.381 e. The number of rotatable bonds is 11. The number of aromatic amines is 1. The van der Waals surface area contributed by atoms with Gasteiger partial charge in [0.05, 0.1) is 10.9 Å². The molecule has 3 N–H and O–H groups in total. The summed E-state index contributed by atoms with van der Waals surface area (Å²) < 4.78 is 32.9. The van der Waals surface area contributed by atoms with Crippen LogP contribution in [0.25, 0.3) is 11.0 Å². The zero-order valence-electron chi connectivity index (χ0n) is 23.9. The molecule has 222 valence electrons. The van der Waals surface area contributed by atoms with Crippen molar-refractivity contribution in [2.75, 3.05) is 63.0 Å². The Morgan fingerprint density at radius 3 is 2.55 bits per heavy atom. The van der Waals surface area contributed by atoms with Gasteiger partial charge < -0.3 is 25.2 Å². The maximum Gasteiger partial charge on any atom is 0.258 e. The maximum absolute atomic E-state index is 13.7. The molecule has 0 atom stereocenters. The zero-order chi connectivity index (χ0) is 29.6. The van der Waals surface area contributed by atoms with Crippen molar-refractivity contribution >= 4 is 45.9 Å². The standard InChI is InChI=1S/C30H35F2N7O2S/c1-38(2)9-4-10-39(3)22-5-6-25(27(16-22)34-21-7-11-41-12-8-21)30(40)35-29-26-17-24(18-33-28(26)36-37-29)42-23-14-19(31)13-20(32)15-23/h5-6,13-18,21,34H,4,7-12H2,1-3H3,(H2,33,35,36,37,40). The number of amides is 1. The molecule has 0 aliphatic carbocycles. The van der Waals surface area contributed by atoms with Crippen LogP contribution in [0, 0.1) is 11.6 Å². The van der Waals surface area contributed by atoms with E-state index in [1.807, 2.05) is 18.2 Å². The molecular weight excluding hydrogens is 560 g/mol. The highest BCUT2D eigenvalue weighted by atomic mass is 32.2. The Morgan fingerprint density at radius 1 is 1.05 bits per heavy atom. The topological polar surface area (TPSA) is 98.4 Å². The van der Waals surface area contributed by atoms with E-state index in [1.54, 1.807) is 12.3 Å². The number of hydrogen-bond acceptors (Lipinski definition) is 8. The van der Waals surface area contributed by atoms with Crippen molar-refractivity contribution in [3.05, 3.63) is 65.9 Å². The van der Waals surface area contributed by atoms with E-state index in [-0.39, 0.29) is 11.9 Å². The highest BCUT2D eigenvalue weighted by Crippen LogP contribution is 2.32. The van der Waals surface area contributed by atoms with Gasteiger partial charge in [-0.05, 0) is 76.3 Å². The summed E-state index contributed by atoms with van der Waals surface area (Å²) in [5.41, 5.74) is 2.75. The second-order valence-corrected chi connectivity index (χ2v) is 11.8. The first kappa shape index (κ1) is 29.7. The summed E-state index contributed by atoms with van der Waals surface area (Å²) in [5.74, 6) is -1.31. The molecule has 9 nitrogen and oxygen atoms in total. The monoisotopic (exact) mass is 595 g/mol. The largest absolute Gasteiger partial charge is 0.381 e. The van der Waals surface area contributed by atoms with Gasteiger partial charge in [-0.25, -0.2) is 13.8 Å². The third-order valence-electron chi connectivity index (χ3n) is 7.06. The molecule has 2 aromatic heterocycles. The minimum atomic E-state index is -0.654. The van der Waals surface area contributed by atoms with Gasteiger partial charge in [0.15, 0.2) is 11.5 Å². The van der Waals surface area contributed by atoms with Crippen LogP contribution >= 0.6 is 11.8 Å². The summed E-state index contributed by atoms with van der Waals surface area (Å²) in [4.78, 5) is 23.4. The molecule has 1 aliphatic rings. The van der Waals surface area contributed by atoms with E-state index in [0.717, 1.165) is 49.8 Å². The Hall–Kier alpha value is -3.74. The Bertz CT molecular complexity index is 1520. The number of nitrogens with one attached hydrogen (secondary N) is 3. The second-order valence-electron chi connectivity index (χ2n) is 10.6. The lowest BCUT2D eigenvalue weighted by atomic mass is 10.1. The molecular formula is C30H35F2N7O2S. The number of halogens is 2. The molecule has 1 fully saturated rings. The Morgan fingerprint density at radius 2 is 1.81 bits per heavy atom. The van der Waals surface area contributed by atoms with Crippen molar-refractivity contribution in [3.63, 3.8) is 0 Å². The van der Waals surface area contributed by atoms with Crippen LogP contribution < -0.4 is 15.5 Å². The molecule has 1 aliphatic heterocycles. The zero-order valence-corrected chi connectivity index (χ0v) is 24.7. The summed E-state index contributed by atoms with van der Waals surface area (Å²) in [5, 5.41) is 14.2. The fraction of sp³-hybridized carbons (Fsp3) is 0.367. The maximum atomic E-state index is 13.7. The summed E-state index contributed by atoms with van der Waals surface area (Å²) in [6.07, 6.45) is 4.32. The molecule has 42 heavy (non-hydrogen) atoms.